The van der Waals surface area contributed by atoms with Gasteiger partial charge in [-0.25, -0.2) is 13.9 Å². The molecule has 0 saturated heterocycles. The Balaban J connectivity index is 2.10. The van der Waals surface area contributed by atoms with Crippen molar-refractivity contribution >= 4 is 11.8 Å². The smallest absolute Gasteiger partial charge is 0.320 e. The van der Waals surface area contributed by atoms with Crippen LogP contribution in [0.3, 0.4) is 0 Å². The highest BCUT2D eigenvalue weighted by Gasteiger charge is 2.24. The molecule has 130 valence electrons. The van der Waals surface area contributed by atoms with Crippen molar-refractivity contribution in [1.29, 1.82) is 0 Å². The van der Waals surface area contributed by atoms with Gasteiger partial charge in [0, 0.05) is 23.9 Å². The molecule has 0 radical (unpaired) electrons. The Morgan fingerprint density at radius 2 is 2.04 bits per heavy atom. The fourth-order valence-electron chi connectivity index (χ4n) is 2.38. The van der Waals surface area contributed by atoms with Crippen molar-refractivity contribution in [2.45, 2.75) is 39.2 Å². The summed E-state index contributed by atoms with van der Waals surface area (Å²) in [4.78, 5) is 12.2. The van der Waals surface area contributed by atoms with E-state index in [1.165, 1.54) is 12.1 Å². The zero-order valence-electron chi connectivity index (χ0n) is 14.1. The van der Waals surface area contributed by atoms with Crippen LogP contribution in [0.5, 0.6) is 0 Å². The first-order chi connectivity index (χ1) is 11.4. The number of aromatic nitrogens is 2. The predicted octanol–water partition coefficient (Wildman–Crippen LogP) is 2.99. The molecule has 2 aromatic rings. The van der Waals surface area contributed by atoms with E-state index >= 15 is 0 Å². The molecule has 0 saturated carbocycles. The summed E-state index contributed by atoms with van der Waals surface area (Å²) in [5.74, 6) is 0.0841. The van der Waals surface area contributed by atoms with Gasteiger partial charge >= 0.3 is 6.03 Å². The van der Waals surface area contributed by atoms with Crippen LogP contribution >= 0.6 is 0 Å². The van der Waals surface area contributed by atoms with Gasteiger partial charge in [0.1, 0.15) is 5.82 Å². The summed E-state index contributed by atoms with van der Waals surface area (Å²) in [5.41, 5.74) is 1.04. The van der Waals surface area contributed by atoms with Gasteiger partial charge in [-0.15, -0.1) is 5.10 Å². The maximum atomic E-state index is 13.0. The van der Waals surface area contributed by atoms with Gasteiger partial charge in [0.05, 0.1) is 5.69 Å². The van der Waals surface area contributed by atoms with E-state index in [0.29, 0.717) is 24.3 Å². The van der Waals surface area contributed by atoms with Crippen molar-refractivity contribution in [3.8, 4) is 5.69 Å². The predicted molar refractivity (Wildman–Crippen MR) is 90.8 cm³/mol. The van der Waals surface area contributed by atoms with Crippen LogP contribution in [0.25, 0.3) is 5.69 Å². The lowest BCUT2D eigenvalue weighted by atomic mass is 9.95. The molecule has 1 atom stereocenters. The molecular weight excluding hydrogens is 311 g/mol. The number of nitrogens with zero attached hydrogens (tertiary/aromatic N) is 2. The first kappa shape index (κ1) is 17.9. The molecule has 0 spiro atoms. The van der Waals surface area contributed by atoms with E-state index in [4.69, 9.17) is 5.11 Å². The molecule has 1 aromatic heterocycles. The van der Waals surface area contributed by atoms with Crippen LogP contribution in [-0.4, -0.2) is 33.1 Å². The topological polar surface area (TPSA) is 79.2 Å². The zero-order valence-corrected chi connectivity index (χ0v) is 14.1. The van der Waals surface area contributed by atoms with Gasteiger partial charge in [0.15, 0.2) is 5.82 Å². The maximum Gasteiger partial charge on any atom is 0.320 e. The summed E-state index contributed by atoms with van der Waals surface area (Å²) in [6.07, 6.45) is 1.17. The van der Waals surface area contributed by atoms with E-state index < -0.39 is 5.54 Å². The minimum absolute atomic E-state index is 0.00290. The van der Waals surface area contributed by atoms with Crippen molar-refractivity contribution < 1.29 is 14.3 Å². The molecule has 7 heteroatoms. The van der Waals surface area contributed by atoms with Gasteiger partial charge in [-0.05, 0) is 51.0 Å². The molecule has 1 aromatic carbocycles. The van der Waals surface area contributed by atoms with Crippen molar-refractivity contribution in [1.82, 2.24) is 15.1 Å². The van der Waals surface area contributed by atoms with Gasteiger partial charge in [0.25, 0.3) is 0 Å². The minimum Gasteiger partial charge on any atom is -0.396 e. The Morgan fingerprint density at radius 3 is 2.62 bits per heavy atom. The number of carbonyl (C=O) groups excluding carboxylic acids is 1. The normalized spacial score (nSPS) is 13.4. The second kappa shape index (κ2) is 7.44. The lowest BCUT2D eigenvalue weighted by Gasteiger charge is -2.28. The molecule has 0 aliphatic carbocycles. The molecule has 6 nitrogen and oxygen atoms in total. The van der Waals surface area contributed by atoms with E-state index in [1.807, 2.05) is 20.8 Å². The van der Waals surface area contributed by atoms with Crippen molar-refractivity contribution in [3.05, 3.63) is 41.8 Å². The molecule has 0 bridgehead atoms. The zero-order chi connectivity index (χ0) is 17.7. The Hall–Kier alpha value is -2.41. The number of halogens is 1. The molecule has 1 unspecified atom stereocenters. The van der Waals surface area contributed by atoms with Crippen LogP contribution in [0, 0.1) is 12.7 Å². The van der Waals surface area contributed by atoms with Gasteiger partial charge < -0.3 is 10.4 Å². The first-order valence-electron chi connectivity index (χ1n) is 7.89. The van der Waals surface area contributed by atoms with E-state index in [9.17, 15) is 9.18 Å². The van der Waals surface area contributed by atoms with E-state index in [-0.39, 0.29) is 18.5 Å². The average Bonchev–Trinajstić information content (AvgIpc) is 2.88. The fourth-order valence-corrected chi connectivity index (χ4v) is 2.38. The number of nitrogens with one attached hydrogen (secondary N) is 2. The summed E-state index contributed by atoms with van der Waals surface area (Å²) in [7, 11) is 0. The second-order valence-corrected chi connectivity index (χ2v) is 6.03. The van der Waals surface area contributed by atoms with Gasteiger partial charge in [0.2, 0.25) is 0 Å². The quantitative estimate of drug-likeness (QED) is 0.760. The van der Waals surface area contributed by atoms with Gasteiger partial charge in [-0.2, -0.15) is 0 Å². The monoisotopic (exact) mass is 334 g/mol. The van der Waals surface area contributed by atoms with Crippen LogP contribution in [0.1, 0.15) is 32.4 Å². The summed E-state index contributed by atoms with van der Waals surface area (Å²) >= 11 is 0. The third-order valence-electron chi connectivity index (χ3n) is 4.06. The van der Waals surface area contributed by atoms with E-state index in [2.05, 4.69) is 15.7 Å². The summed E-state index contributed by atoms with van der Waals surface area (Å²) in [5, 5.41) is 19.0. The summed E-state index contributed by atoms with van der Waals surface area (Å²) in [6.45, 7) is 5.68. The number of aliphatic hydroxyl groups is 1. The van der Waals surface area contributed by atoms with E-state index in [0.717, 1.165) is 5.69 Å². The molecule has 1 heterocycles. The third kappa shape index (κ3) is 4.32. The third-order valence-corrected chi connectivity index (χ3v) is 4.06. The number of anilines is 1. The number of hydrogen-bond donors (Lipinski definition) is 3. The van der Waals surface area contributed by atoms with Gasteiger partial charge in [-0.3, -0.25) is 5.32 Å². The maximum absolute atomic E-state index is 13.0. The Kier molecular flexibility index (Phi) is 5.56. The summed E-state index contributed by atoms with van der Waals surface area (Å²) in [6, 6.07) is 7.31. The lowest BCUT2D eigenvalue weighted by Crippen LogP contribution is -2.48. The van der Waals surface area contributed by atoms with Gasteiger partial charge in [-0.1, -0.05) is 6.92 Å². The molecule has 0 aliphatic rings. The lowest BCUT2D eigenvalue weighted by molar-refractivity contribution is 0.208. The van der Waals surface area contributed by atoms with E-state index in [1.54, 1.807) is 22.9 Å². The number of aliphatic hydroxyl groups excluding tert-OH is 1. The molecule has 0 aliphatic heterocycles. The molecule has 2 amide bonds. The number of carbonyl (C=O) groups is 1. The molecule has 0 fully saturated rings. The average molecular weight is 334 g/mol. The SMILES string of the molecule is CCC(C)(CCO)NC(=O)Nc1cc(C)n(-c2ccc(F)cc2)n1. The number of hydrogen-bond acceptors (Lipinski definition) is 3. The summed E-state index contributed by atoms with van der Waals surface area (Å²) < 4.78 is 14.6. The highest BCUT2D eigenvalue weighted by atomic mass is 19.1. The highest BCUT2D eigenvalue weighted by molar-refractivity contribution is 5.88. The molecular formula is C17H23FN4O2. The van der Waals surface area contributed by atoms with Crippen LogP contribution in [0.4, 0.5) is 15.0 Å². The molecule has 2 rings (SSSR count). The number of benzene rings is 1. The largest absolute Gasteiger partial charge is 0.396 e. The van der Waals surface area contributed by atoms with Crippen LogP contribution in [0.15, 0.2) is 30.3 Å². The number of aryl methyl sites for hydroxylation is 1. The molecule has 24 heavy (non-hydrogen) atoms. The standard InChI is InChI=1S/C17H23FN4O2/c1-4-17(3,9-10-23)20-16(24)19-15-11-12(2)22(21-15)14-7-5-13(18)6-8-14/h5-8,11,23H,4,9-10H2,1-3H3,(H2,19,20,21,24). The Labute approximate surface area is 140 Å². The number of amides is 2. The van der Waals surface area contributed by atoms with Crippen LogP contribution < -0.4 is 10.6 Å². The Morgan fingerprint density at radius 1 is 1.38 bits per heavy atom. The highest BCUT2D eigenvalue weighted by Crippen LogP contribution is 2.17. The first-order valence-corrected chi connectivity index (χ1v) is 7.89. The van der Waals surface area contributed by atoms with Crippen molar-refractivity contribution in [2.24, 2.45) is 0 Å². The van der Waals surface area contributed by atoms with Crippen molar-refractivity contribution in [2.75, 3.05) is 11.9 Å². The van der Waals surface area contributed by atoms with Crippen molar-refractivity contribution in [3.63, 3.8) is 0 Å². The van der Waals surface area contributed by atoms with Crippen LogP contribution in [0.2, 0.25) is 0 Å². The second-order valence-electron chi connectivity index (χ2n) is 6.03. The fraction of sp³-hybridized carbons (Fsp3) is 0.412. The Bertz CT molecular complexity index is 699. The number of urea groups is 1. The minimum atomic E-state index is -0.479. The van der Waals surface area contributed by atoms with Crippen LogP contribution in [-0.2, 0) is 0 Å². The molecule has 3 N–H and O–H groups in total. The number of rotatable bonds is 6.